The predicted octanol–water partition coefficient (Wildman–Crippen LogP) is 4.94. The molecular formula is C8H2F15N. The quantitative estimate of drug-likeness (QED) is 0.472. The van der Waals surface area contributed by atoms with Crippen LogP contribution < -0.4 is 0 Å². The van der Waals surface area contributed by atoms with E-state index in [0.717, 1.165) is 0 Å². The van der Waals surface area contributed by atoms with E-state index in [2.05, 4.69) is 0 Å². The monoisotopic (exact) mass is 397 g/mol. The third-order valence-electron chi connectivity index (χ3n) is 3.00. The van der Waals surface area contributed by atoms with Gasteiger partial charge in [-0.1, -0.05) is 0 Å². The summed E-state index contributed by atoms with van der Waals surface area (Å²) in [5, 5.41) is 0. The molecule has 1 atom stereocenters. The zero-order valence-electron chi connectivity index (χ0n) is 10.3. The summed E-state index contributed by atoms with van der Waals surface area (Å²) in [7, 11) is 0. The van der Waals surface area contributed by atoms with Gasteiger partial charge in [0, 0.05) is 0 Å². The zero-order chi connectivity index (χ0) is 19.8. The highest BCUT2D eigenvalue weighted by atomic mass is 19.4. The molecule has 0 aromatic carbocycles. The van der Waals surface area contributed by atoms with Gasteiger partial charge in [-0.25, -0.2) is 4.39 Å². The highest BCUT2D eigenvalue weighted by Gasteiger charge is 2.91. The van der Waals surface area contributed by atoms with Gasteiger partial charge in [-0.05, 0) is 0 Å². The van der Waals surface area contributed by atoms with E-state index in [1.807, 2.05) is 0 Å². The Hall–Kier alpha value is -1.09. The van der Waals surface area contributed by atoms with E-state index in [9.17, 15) is 65.9 Å². The largest absolute Gasteiger partial charge is 0.461 e. The molecule has 16 heteroatoms. The fourth-order valence-electron chi connectivity index (χ4n) is 1.82. The Morgan fingerprint density at radius 1 is 0.667 bits per heavy atom. The standard InChI is InChI=1S/C8H2F15N/c9-2(5(14,15)16)1-3(10,11)24(7(2,20)21)8(22,23)4(12,13)6(17,18)19/h1H2. The van der Waals surface area contributed by atoms with Gasteiger partial charge in [0.1, 0.15) is 0 Å². The molecule has 0 spiro atoms. The molecule has 0 N–H and O–H groups in total. The molecule has 144 valence electrons. The van der Waals surface area contributed by atoms with Crippen LogP contribution in [0.5, 0.6) is 0 Å². The van der Waals surface area contributed by atoms with Crippen LogP contribution in [0.15, 0.2) is 0 Å². The average molecular weight is 397 g/mol. The van der Waals surface area contributed by atoms with E-state index in [0.29, 0.717) is 0 Å². The minimum atomic E-state index is -7.65. The van der Waals surface area contributed by atoms with Gasteiger partial charge in [0.15, 0.2) is 0 Å². The first kappa shape index (κ1) is 21.0. The molecule has 0 aliphatic carbocycles. The summed E-state index contributed by atoms with van der Waals surface area (Å²) >= 11 is 0. The molecule has 1 aliphatic rings. The number of rotatable bonds is 2. The van der Waals surface area contributed by atoms with Crippen LogP contribution in [0.2, 0.25) is 0 Å². The van der Waals surface area contributed by atoms with Crippen molar-refractivity contribution in [3.8, 4) is 0 Å². The minimum absolute atomic E-state index is 3.69. The van der Waals surface area contributed by atoms with Crippen molar-refractivity contribution in [3.63, 3.8) is 0 Å². The van der Waals surface area contributed by atoms with Crippen molar-refractivity contribution in [2.75, 3.05) is 0 Å². The fraction of sp³-hybridized carbons (Fsp3) is 1.00. The van der Waals surface area contributed by atoms with Crippen molar-refractivity contribution >= 4 is 0 Å². The third kappa shape index (κ3) is 2.39. The molecule has 1 rings (SSSR count). The second-order valence-corrected chi connectivity index (χ2v) is 4.63. The molecule has 0 saturated carbocycles. The number of likely N-dealkylation sites (tertiary alicyclic amines) is 1. The van der Waals surface area contributed by atoms with Gasteiger partial charge in [-0.15, -0.1) is 4.90 Å². The molecule has 0 aromatic heterocycles. The summed E-state index contributed by atoms with van der Waals surface area (Å²) in [5.41, 5.74) is -6.51. The Balaban J connectivity index is 3.64. The summed E-state index contributed by atoms with van der Waals surface area (Å²) in [6, 6.07) is -21.2. The van der Waals surface area contributed by atoms with Crippen LogP contribution in [0.4, 0.5) is 65.9 Å². The number of alkyl halides is 15. The van der Waals surface area contributed by atoms with Crippen molar-refractivity contribution in [2.24, 2.45) is 0 Å². The van der Waals surface area contributed by atoms with Gasteiger partial charge in [0.25, 0.3) is 5.67 Å². The van der Waals surface area contributed by atoms with Crippen molar-refractivity contribution in [1.82, 2.24) is 4.90 Å². The molecule has 0 amide bonds. The number of halogens is 15. The van der Waals surface area contributed by atoms with E-state index >= 15 is 0 Å². The topological polar surface area (TPSA) is 3.24 Å². The van der Waals surface area contributed by atoms with Gasteiger partial charge in [0.05, 0.1) is 6.42 Å². The van der Waals surface area contributed by atoms with Crippen molar-refractivity contribution in [2.45, 2.75) is 48.5 Å². The first-order valence-corrected chi connectivity index (χ1v) is 5.21. The van der Waals surface area contributed by atoms with E-state index in [4.69, 9.17) is 0 Å². The zero-order valence-corrected chi connectivity index (χ0v) is 10.3. The molecule has 1 saturated heterocycles. The van der Waals surface area contributed by atoms with Crippen LogP contribution in [0.25, 0.3) is 0 Å². The maximum atomic E-state index is 13.3. The molecule has 24 heavy (non-hydrogen) atoms. The lowest BCUT2D eigenvalue weighted by Crippen LogP contribution is -2.69. The lowest BCUT2D eigenvalue weighted by Gasteiger charge is -2.40. The van der Waals surface area contributed by atoms with Gasteiger partial charge in [0.2, 0.25) is 0 Å². The van der Waals surface area contributed by atoms with Crippen molar-refractivity contribution in [1.29, 1.82) is 0 Å². The Morgan fingerprint density at radius 2 is 1.04 bits per heavy atom. The Labute approximate surface area is 121 Å². The summed E-state index contributed by atoms with van der Waals surface area (Å²) in [5.74, 6) is -7.65. The second kappa shape index (κ2) is 4.75. The maximum Gasteiger partial charge on any atom is 0.461 e. The Kier molecular flexibility index (Phi) is 4.15. The molecule has 1 aliphatic heterocycles. The first-order chi connectivity index (χ1) is 10.1. The lowest BCUT2D eigenvalue weighted by molar-refractivity contribution is -0.449. The molecule has 1 unspecified atom stereocenters. The Morgan fingerprint density at radius 3 is 1.29 bits per heavy atom. The third-order valence-corrected chi connectivity index (χ3v) is 3.00. The van der Waals surface area contributed by atoms with Gasteiger partial charge >= 0.3 is 36.4 Å². The number of nitrogens with zero attached hydrogens (tertiary/aromatic N) is 1. The Bertz CT molecular complexity index is 501. The van der Waals surface area contributed by atoms with Crippen LogP contribution in [-0.2, 0) is 0 Å². The van der Waals surface area contributed by atoms with Gasteiger partial charge in [-0.2, -0.15) is 61.5 Å². The maximum absolute atomic E-state index is 13.3. The molecule has 1 fully saturated rings. The van der Waals surface area contributed by atoms with Crippen LogP contribution >= 0.6 is 0 Å². The fourth-order valence-corrected chi connectivity index (χ4v) is 1.82. The minimum Gasteiger partial charge on any atom is -0.225 e. The summed E-state index contributed by atoms with van der Waals surface area (Å²) < 4.78 is 189. The summed E-state index contributed by atoms with van der Waals surface area (Å²) in [4.78, 5) is -3.69. The highest BCUT2D eigenvalue weighted by molar-refractivity contribution is 5.13. The van der Waals surface area contributed by atoms with E-state index < -0.39 is 53.4 Å². The molecule has 1 nitrogen and oxygen atoms in total. The number of hydrogen-bond donors (Lipinski definition) is 0. The predicted molar refractivity (Wildman–Crippen MR) is 42.2 cm³/mol. The lowest BCUT2D eigenvalue weighted by atomic mass is 10.0. The van der Waals surface area contributed by atoms with E-state index in [1.54, 1.807) is 0 Å². The first-order valence-electron chi connectivity index (χ1n) is 5.21. The smallest absolute Gasteiger partial charge is 0.225 e. The van der Waals surface area contributed by atoms with E-state index in [-0.39, 0.29) is 0 Å². The molecule has 0 bridgehead atoms. The average Bonchev–Trinajstić information content (AvgIpc) is 2.37. The van der Waals surface area contributed by atoms with Crippen molar-refractivity contribution in [3.05, 3.63) is 0 Å². The summed E-state index contributed by atoms with van der Waals surface area (Å²) in [6.07, 6.45) is -18.2. The van der Waals surface area contributed by atoms with Gasteiger partial charge in [-0.3, -0.25) is 0 Å². The van der Waals surface area contributed by atoms with Gasteiger partial charge < -0.3 is 0 Å². The molecule has 0 radical (unpaired) electrons. The number of hydrogen-bond acceptors (Lipinski definition) is 1. The normalized spacial score (nSPS) is 29.1. The van der Waals surface area contributed by atoms with Crippen LogP contribution in [0, 0.1) is 0 Å². The second-order valence-electron chi connectivity index (χ2n) is 4.63. The molecular weight excluding hydrogens is 395 g/mol. The van der Waals surface area contributed by atoms with Crippen LogP contribution in [0.3, 0.4) is 0 Å². The van der Waals surface area contributed by atoms with Crippen molar-refractivity contribution < 1.29 is 65.9 Å². The van der Waals surface area contributed by atoms with Crippen LogP contribution in [0.1, 0.15) is 6.42 Å². The van der Waals surface area contributed by atoms with Crippen LogP contribution in [-0.4, -0.2) is 47.0 Å². The van der Waals surface area contributed by atoms with E-state index in [1.165, 1.54) is 0 Å². The molecule has 1 heterocycles. The molecule has 0 aromatic rings. The summed E-state index contributed by atoms with van der Waals surface area (Å²) in [6.45, 7) is 0. The highest BCUT2D eigenvalue weighted by Crippen LogP contribution is 2.65. The SMILES string of the molecule is FC1(F)CC(F)(C(F)(F)F)C(F)(F)N1C(F)(F)C(F)(F)C(F)(F)F.